The van der Waals surface area contributed by atoms with Gasteiger partial charge in [0.25, 0.3) is 0 Å². The minimum atomic E-state index is -3.89. The van der Waals surface area contributed by atoms with Crippen LogP contribution in [0.25, 0.3) is 15.6 Å². The first-order valence-electron chi connectivity index (χ1n) is 8.27. The second-order valence-electron chi connectivity index (χ2n) is 5.81. The highest BCUT2D eigenvalue weighted by atomic mass is 32.2. The van der Waals surface area contributed by atoms with Crippen LogP contribution < -0.4 is 4.74 Å². The second-order valence-corrected chi connectivity index (χ2v) is 7.38. The average Bonchev–Trinajstić information content (AvgIpc) is 2.70. The molecule has 4 aromatic rings. The van der Waals surface area contributed by atoms with Crippen LogP contribution >= 0.6 is 0 Å². The van der Waals surface area contributed by atoms with Crippen molar-refractivity contribution in [2.75, 3.05) is 0 Å². The molecule has 0 fully saturated rings. The van der Waals surface area contributed by atoms with Gasteiger partial charge in [-0.3, -0.25) is 4.98 Å². The maximum atomic E-state index is 12.8. The van der Waals surface area contributed by atoms with Crippen LogP contribution in [0.1, 0.15) is 0 Å². The zero-order valence-corrected chi connectivity index (χ0v) is 15.0. The molecule has 0 N–H and O–H groups in total. The molecule has 0 aliphatic heterocycles. The van der Waals surface area contributed by atoms with E-state index in [-0.39, 0.29) is 4.90 Å². The molecular weight excluding hydrogens is 360 g/mol. The summed E-state index contributed by atoms with van der Waals surface area (Å²) in [6, 6.07) is 24.5. The summed E-state index contributed by atoms with van der Waals surface area (Å²) in [5.74, 6) is 1.31. The Morgan fingerprint density at radius 3 is 2.22 bits per heavy atom. The van der Waals surface area contributed by atoms with E-state index in [2.05, 4.69) is 9.71 Å². The van der Waals surface area contributed by atoms with Crippen molar-refractivity contribution in [2.45, 2.75) is 4.90 Å². The van der Waals surface area contributed by atoms with E-state index in [4.69, 9.17) is 4.74 Å². The molecule has 5 nitrogen and oxygen atoms in total. The predicted octanol–water partition coefficient (Wildman–Crippen LogP) is 5.42. The Bertz CT molecular complexity index is 1170. The van der Waals surface area contributed by atoms with Crippen molar-refractivity contribution < 1.29 is 13.2 Å². The summed E-state index contributed by atoms with van der Waals surface area (Å²) in [7, 11) is -3.89. The topological polar surface area (TPSA) is 70.4 Å². The molecule has 4 rings (SSSR count). The van der Waals surface area contributed by atoms with Gasteiger partial charge in [-0.15, -0.1) is 5.69 Å². The van der Waals surface area contributed by atoms with Gasteiger partial charge in [0.1, 0.15) is 21.5 Å². The van der Waals surface area contributed by atoms with Crippen LogP contribution in [0.15, 0.2) is 96.0 Å². The van der Waals surface area contributed by atoms with E-state index >= 15 is 0 Å². The minimum absolute atomic E-state index is 0.0882. The Morgan fingerprint density at radius 2 is 1.44 bits per heavy atom. The van der Waals surface area contributed by atoms with Crippen molar-refractivity contribution >= 4 is 26.6 Å². The Morgan fingerprint density at radius 1 is 0.741 bits per heavy atom. The van der Waals surface area contributed by atoms with Gasteiger partial charge < -0.3 is 9.46 Å². The number of pyridine rings is 1. The van der Waals surface area contributed by atoms with Gasteiger partial charge in [-0.2, -0.15) is 0 Å². The van der Waals surface area contributed by atoms with Gasteiger partial charge in [-0.05, 0) is 36.4 Å². The van der Waals surface area contributed by atoms with Gasteiger partial charge >= 0.3 is 0 Å². The Balaban J connectivity index is 1.57. The van der Waals surface area contributed by atoms with Gasteiger partial charge in [0.15, 0.2) is 0 Å². The summed E-state index contributed by atoms with van der Waals surface area (Å²) in [4.78, 5) is 4.28. The highest BCUT2D eigenvalue weighted by Gasteiger charge is 2.10. The first-order valence-corrected chi connectivity index (χ1v) is 9.71. The summed E-state index contributed by atoms with van der Waals surface area (Å²) in [5.41, 5.74) is 0.733. The van der Waals surface area contributed by atoms with Crippen LogP contribution in [0, 0.1) is 0 Å². The fourth-order valence-corrected chi connectivity index (χ4v) is 3.84. The van der Waals surface area contributed by atoms with E-state index in [0.717, 1.165) is 5.39 Å². The molecule has 0 spiro atoms. The third-order valence-corrected chi connectivity index (χ3v) is 5.25. The van der Waals surface area contributed by atoms with Crippen molar-refractivity contribution in [3.8, 4) is 11.5 Å². The summed E-state index contributed by atoms with van der Waals surface area (Å²) >= 11 is 0. The van der Waals surface area contributed by atoms with Crippen LogP contribution in [0.3, 0.4) is 0 Å². The summed E-state index contributed by atoms with van der Waals surface area (Å²) < 4.78 is 35.1. The largest absolute Gasteiger partial charge is 0.573 e. The van der Waals surface area contributed by atoms with Gasteiger partial charge in [0.05, 0.1) is 10.4 Å². The smallest absolute Gasteiger partial charge is 0.127 e. The predicted molar refractivity (Wildman–Crippen MR) is 105 cm³/mol. The number of sulfonamides is 1. The molecule has 0 saturated heterocycles. The number of nitrogens with zero attached hydrogens (tertiary/aromatic N) is 2. The Hall–Kier alpha value is -3.38. The molecule has 0 amide bonds. The number of rotatable bonds is 5. The molecule has 0 aliphatic rings. The van der Waals surface area contributed by atoms with E-state index in [1.54, 1.807) is 42.6 Å². The van der Waals surface area contributed by atoms with E-state index in [0.29, 0.717) is 22.7 Å². The zero-order chi connectivity index (χ0) is 18.7. The first-order chi connectivity index (χ1) is 13.1. The number of fused-ring (bicyclic) bond motifs is 1. The molecule has 27 heavy (non-hydrogen) atoms. The SMILES string of the molecule is O=S(=O)([N-]c1ccc(Oc2ccccc2)cc1)c1cccc2cccnc12. The van der Waals surface area contributed by atoms with Crippen molar-refractivity contribution in [3.63, 3.8) is 0 Å². The highest BCUT2D eigenvalue weighted by Crippen LogP contribution is 2.32. The molecule has 6 heteroatoms. The molecule has 0 aliphatic carbocycles. The number of hydrogen-bond acceptors (Lipinski definition) is 4. The molecule has 1 aromatic heterocycles. The van der Waals surface area contributed by atoms with Crippen molar-refractivity contribution in [3.05, 3.63) is 95.8 Å². The van der Waals surface area contributed by atoms with Crippen LogP contribution in [-0.2, 0) is 10.0 Å². The van der Waals surface area contributed by atoms with Crippen molar-refractivity contribution in [1.82, 2.24) is 4.98 Å². The number of para-hydroxylation sites is 2. The molecule has 134 valence electrons. The third-order valence-electron chi connectivity index (χ3n) is 3.91. The van der Waals surface area contributed by atoms with E-state index in [1.807, 2.05) is 42.5 Å². The molecule has 0 radical (unpaired) electrons. The van der Waals surface area contributed by atoms with Gasteiger partial charge in [-0.25, -0.2) is 8.42 Å². The summed E-state index contributed by atoms with van der Waals surface area (Å²) in [6.45, 7) is 0. The van der Waals surface area contributed by atoms with Crippen LogP contribution in [0.2, 0.25) is 0 Å². The normalized spacial score (nSPS) is 11.3. The highest BCUT2D eigenvalue weighted by molar-refractivity contribution is 7.94. The van der Waals surface area contributed by atoms with Crippen molar-refractivity contribution in [2.24, 2.45) is 0 Å². The first kappa shape index (κ1) is 17.1. The van der Waals surface area contributed by atoms with Gasteiger partial charge in [0.2, 0.25) is 0 Å². The van der Waals surface area contributed by atoms with E-state index in [1.165, 1.54) is 6.07 Å². The molecule has 0 saturated carbocycles. The standard InChI is InChI=1S/C21H15N2O3S/c24-27(25,20-10-4-6-16-7-5-15-22-21(16)20)23-17-11-13-19(14-12-17)26-18-8-2-1-3-9-18/h1-15H/q-1. The third kappa shape index (κ3) is 3.75. The van der Waals surface area contributed by atoms with Crippen LogP contribution in [-0.4, -0.2) is 13.4 Å². The Kier molecular flexibility index (Phi) is 4.48. The lowest BCUT2D eigenvalue weighted by molar-refractivity contribution is 0.483. The number of ether oxygens (including phenoxy) is 1. The lowest BCUT2D eigenvalue weighted by atomic mass is 10.2. The molecular formula is C21H15N2O3S-. The van der Waals surface area contributed by atoms with Gasteiger partial charge in [-0.1, -0.05) is 48.5 Å². The fourth-order valence-electron chi connectivity index (χ4n) is 2.67. The van der Waals surface area contributed by atoms with E-state index in [9.17, 15) is 8.42 Å². The van der Waals surface area contributed by atoms with E-state index < -0.39 is 10.0 Å². The molecule has 0 unspecified atom stereocenters. The monoisotopic (exact) mass is 375 g/mol. The summed E-state index contributed by atoms with van der Waals surface area (Å²) in [5, 5.41) is 0.750. The number of aromatic nitrogens is 1. The van der Waals surface area contributed by atoms with Crippen LogP contribution in [0.4, 0.5) is 5.69 Å². The Labute approximate surface area is 157 Å². The second kappa shape index (κ2) is 7.09. The van der Waals surface area contributed by atoms with Gasteiger partial charge in [0, 0.05) is 11.6 Å². The lowest BCUT2D eigenvalue weighted by Crippen LogP contribution is -1.99. The minimum Gasteiger partial charge on any atom is -0.573 e. The maximum absolute atomic E-state index is 12.8. The molecule has 0 atom stereocenters. The van der Waals surface area contributed by atoms with Crippen molar-refractivity contribution in [1.29, 1.82) is 0 Å². The number of hydrogen-bond donors (Lipinski definition) is 0. The maximum Gasteiger partial charge on any atom is 0.127 e. The zero-order valence-electron chi connectivity index (χ0n) is 14.2. The lowest BCUT2D eigenvalue weighted by Gasteiger charge is -2.22. The molecule has 3 aromatic carbocycles. The molecule has 1 heterocycles. The number of benzene rings is 3. The summed E-state index contributed by atoms with van der Waals surface area (Å²) in [6.07, 6.45) is 1.57. The molecule has 0 bridgehead atoms. The average molecular weight is 375 g/mol. The quantitative estimate of drug-likeness (QED) is 0.467. The fraction of sp³-hybridized carbons (Fsp3) is 0. The van der Waals surface area contributed by atoms with Crippen LogP contribution in [0.5, 0.6) is 11.5 Å².